The van der Waals surface area contributed by atoms with E-state index in [4.69, 9.17) is 4.74 Å². The van der Waals surface area contributed by atoms with Crippen LogP contribution in [0.5, 0.6) is 5.88 Å². The normalized spacial score (nSPS) is 12.8. The summed E-state index contributed by atoms with van der Waals surface area (Å²) >= 11 is 0. The van der Waals surface area contributed by atoms with E-state index >= 15 is 0 Å². The van der Waals surface area contributed by atoms with Crippen molar-refractivity contribution in [2.24, 2.45) is 5.92 Å². The summed E-state index contributed by atoms with van der Waals surface area (Å²) in [6.45, 7) is 7.53. The van der Waals surface area contributed by atoms with Gasteiger partial charge in [0, 0.05) is 17.8 Å². The summed E-state index contributed by atoms with van der Waals surface area (Å²) in [7, 11) is 1.67. The Balaban J connectivity index is 2.90. The molecule has 1 atom stereocenters. The molecule has 1 aromatic heterocycles. The lowest BCUT2D eigenvalue weighted by atomic mass is 9.98. The van der Waals surface area contributed by atoms with E-state index in [1.165, 1.54) is 0 Å². The van der Waals surface area contributed by atoms with Crippen molar-refractivity contribution in [2.45, 2.75) is 33.2 Å². The zero-order valence-corrected chi connectivity index (χ0v) is 10.7. The molecule has 0 bridgehead atoms. The predicted molar refractivity (Wildman–Crippen MR) is 66.7 cm³/mol. The molecule has 0 fully saturated rings. The molecule has 1 heterocycles. The van der Waals surface area contributed by atoms with Gasteiger partial charge in [-0.2, -0.15) is 0 Å². The van der Waals surface area contributed by atoms with Gasteiger partial charge >= 0.3 is 0 Å². The van der Waals surface area contributed by atoms with E-state index in [1.807, 2.05) is 6.07 Å². The number of aromatic nitrogens is 1. The summed E-state index contributed by atoms with van der Waals surface area (Å²) < 4.78 is 5.30. The van der Waals surface area contributed by atoms with Crippen molar-refractivity contribution in [3.63, 3.8) is 0 Å². The van der Waals surface area contributed by atoms with Crippen LogP contribution in [0.4, 0.5) is 0 Å². The van der Waals surface area contributed by atoms with Gasteiger partial charge in [-0.15, -0.1) is 0 Å². The Kier molecular flexibility index (Phi) is 5.26. The van der Waals surface area contributed by atoms with Crippen LogP contribution >= 0.6 is 0 Å². The molecule has 3 nitrogen and oxygen atoms in total. The maximum Gasteiger partial charge on any atom is 0.217 e. The van der Waals surface area contributed by atoms with Crippen LogP contribution in [0.1, 0.15) is 38.8 Å². The van der Waals surface area contributed by atoms with Crippen LogP contribution in [-0.4, -0.2) is 18.6 Å². The third kappa shape index (κ3) is 3.49. The summed E-state index contributed by atoms with van der Waals surface area (Å²) in [5.41, 5.74) is 1.15. The maximum absolute atomic E-state index is 5.30. The SMILES string of the molecule is CCNC(CC(C)C)c1cccnc1OC. The van der Waals surface area contributed by atoms with Crippen LogP contribution in [0.25, 0.3) is 0 Å². The molecular weight excluding hydrogens is 200 g/mol. The van der Waals surface area contributed by atoms with Crippen molar-refractivity contribution in [1.29, 1.82) is 0 Å². The molecule has 1 rings (SSSR count). The van der Waals surface area contributed by atoms with Crippen molar-refractivity contribution in [3.8, 4) is 5.88 Å². The lowest BCUT2D eigenvalue weighted by Crippen LogP contribution is -2.23. The number of nitrogens with zero attached hydrogens (tertiary/aromatic N) is 1. The van der Waals surface area contributed by atoms with E-state index < -0.39 is 0 Å². The average molecular weight is 222 g/mol. The molecule has 0 saturated heterocycles. The first-order valence-electron chi connectivity index (χ1n) is 5.91. The highest BCUT2D eigenvalue weighted by Gasteiger charge is 2.16. The number of pyridine rings is 1. The second-order valence-corrected chi connectivity index (χ2v) is 4.34. The first kappa shape index (κ1) is 13.0. The largest absolute Gasteiger partial charge is 0.481 e. The highest BCUT2D eigenvalue weighted by atomic mass is 16.5. The lowest BCUT2D eigenvalue weighted by Gasteiger charge is -2.21. The summed E-state index contributed by atoms with van der Waals surface area (Å²) in [6.07, 6.45) is 2.86. The third-order valence-electron chi connectivity index (χ3n) is 2.53. The quantitative estimate of drug-likeness (QED) is 0.803. The van der Waals surface area contributed by atoms with E-state index in [-0.39, 0.29) is 0 Å². The van der Waals surface area contributed by atoms with Gasteiger partial charge in [0.25, 0.3) is 0 Å². The van der Waals surface area contributed by atoms with Crippen LogP contribution in [0.2, 0.25) is 0 Å². The molecule has 1 N–H and O–H groups in total. The van der Waals surface area contributed by atoms with E-state index in [9.17, 15) is 0 Å². The average Bonchev–Trinajstić information content (AvgIpc) is 2.28. The number of nitrogens with one attached hydrogen (secondary N) is 1. The second-order valence-electron chi connectivity index (χ2n) is 4.34. The standard InChI is InChI=1S/C13H22N2O/c1-5-14-12(9-10(2)3)11-7-6-8-15-13(11)16-4/h6-8,10,12,14H,5,9H2,1-4H3. The number of methoxy groups -OCH3 is 1. The van der Waals surface area contributed by atoms with Gasteiger partial charge in [0.05, 0.1) is 7.11 Å². The molecule has 0 aliphatic heterocycles. The van der Waals surface area contributed by atoms with E-state index in [0.29, 0.717) is 12.0 Å². The molecule has 0 amide bonds. The Bertz CT molecular complexity index is 313. The zero-order chi connectivity index (χ0) is 12.0. The molecular formula is C13H22N2O. The van der Waals surface area contributed by atoms with E-state index in [1.54, 1.807) is 13.3 Å². The van der Waals surface area contributed by atoms with Gasteiger partial charge in [0.2, 0.25) is 5.88 Å². The van der Waals surface area contributed by atoms with Crippen molar-refractivity contribution in [1.82, 2.24) is 10.3 Å². The fourth-order valence-corrected chi connectivity index (χ4v) is 1.88. The summed E-state index contributed by atoms with van der Waals surface area (Å²) in [5.74, 6) is 1.38. The fraction of sp³-hybridized carbons (Fsp3) is 0.615. The summed E-state index contributed by atoms with van der Waals surface area (Å²) in [5, 5.41) is 3.48. The van der Waals surface area contributed by atoms with Gasteiger partial charge in [0.1, 0.15) is 0 Å². The van der Waals surface area contributed by atoms with E-state index in [0.717, 1.165) is 24.4 Å². The van der Waals surface area contributed by atoms with Crippen molar-refractivity contribution in [3.05, 3.63) is 23.9 Å². The number of rotatable bonds is 6. The van der Waals surface area contributed by atoms with Crippen LogP contribution in [0.15, 0.2) is 18.3 Å². The predicted octanol–water partition coefficient (Wildman–Crippen LogP) is 2.79. The van der Waals surface area contributed by atoms with Gasteiger partial charge in [-0.3, -0.25) is 0 Å². The van der Waals surface area contributed by atoms with Crippen LogP contribution in [-0.2, 0) is 0 Å². The zero-order valence-electron chi connectivity index (χ0n) is 10.7. The molecule has 1 aromatic rings. The molecule has 0 saturated carbocycles. The first-order chi connectivity index (χ1) is 7.69. The molecule has 0 aliphatic rings. The Hall–Kier alpha value is -1.09. The Labute approximate surface area is 98.2 Å². The lowest BCUT2D eigenvalue weighted by molar-refractivity contribution is 0.370. The Morgan fingerprint density at radius 1 is 1.44 bits per heavy atom. The topological polar surface area (TPSA) is 34.2 Å². The molecule has 1 unspecified atom stereocenters. The fourth-order valence-electron chi connectivity index (χ4n) is 1.88. The Morgan fingerprint density at radius 2 is 2.19 bits per heavy atom. The minimum absolute atomic E-state index is 0.327. The number of hydrogen-bond donors (Lipinski definition) is 1. The molecule has 16 heavy (non-hydrogen) atoms. The van der Waals surface area contributed by atoms with Gasteiger partial charge in [0.15, 0.2) is 0 Å². The molecule has 0 spiro atoms. The molecule has 0 radical (unpaired) electrons. The van der Waals surface area contributed by atoms with Gasteiger partial charge in [-0.1, -0.05) is 26.8 Å². The monoisotopic (exact) mass is 222 g/mol. The molecule has 0 aromatic carbocycles. The van der Waals surface area contributed by atoms with Crippen LogP contribution < -0.4 is 10.1 Å². The minimum Gasteiger partial charge on any atom is -0.481 e. The van der Waals surface area contributed by atoms with Gasteiger partial charge in [-0.25, -0.2) is 4.98 Å². The smallest absolute Gasteiger partial charge is 0.217 e. The molecule has 90 valence electrons. The molecule has 3 heteroatoms. The Morgan fingerprint density at radius 3 is 2.75 bits per heavy atom. The second kappa shape index (κ2) is 6.48. The number of hydrogen-bond acceptors (Lipinski definition) is 3. The first-order valence-corrected chi connectivity index (χ1v) is 5.91. The van der Waals surface area contributed by atoms with Crippen molar-refractivity contribution >= 4 is 0 Å². The van der Waals surface area contributed by atoms with Gasteiger partial charge in [-0.05, 0) is 24.9 Å². The van der Waals surface area contributed by atoms with E-state index in [2.05, 4.69) is 37.1 Å². The van der Waals surface area contributed by atoms with Crippen LogP contribution in [0, 0.1) is 5.92 Å². The van der Waals surface area contributed by atoms with Crippen molar-refractivity contribution in [2.75, 3.05) is 13.7 Å². The van der Waals surface area contributed by atoms with Crippen LogP contribution in [0.3, 0.4) is 0 Å². The third-order valence-corrected chi connectivity index (χ3v) is 2.53. The summed E-state index contributed by atoms with van der Waals surface area (Å²) in [6, 6.07) is 4.37. The van der Waals surface area contributed by atoms with Crippen molar-refractivity contribution < 1.29 is 4.74 Å². The minimum atomic E-state index is 0.327. The van der Waals surface area contributed by atoms with Gasteiger partial charge < -0.3 is 10.1 Å². The number of ether oxygens (including phenoxy) is 1. The highest BCUT2D eigenvalue weighted by Crippen LogP contribution is 2.27. The summed E-state index contributed by atoms with van der Waals surface area (Å²) in [4.78, 5) is 4.25. The molecule has 0 aliphatic carbocycles. The highest BCUT2D eigenvalue weighted by molar-refractivity contribution is 5.28. The maximum atomic E-state index is 5.30.